The maximum atomic E-state index is 12.2. The van der Waals surface area contributed by atoms with Gasteiger partial charge in [0, 0.05) is 12.1 Å². The Bertz CT molecular complexity index is 783. The normalized spacial score (nSPS) is 9.92. The largest absolute Gasteiger partial charge is 0.497 e. The van der Waals surface area contributed by atoms with Gasteiger partial charge in [-0.25, -0.2) is 4.79 Å². The van der Waals surface area contributed by atoms with Crippen molar-refractivity contribution in [2.24, 2.45) is 0 Å². The standard InChI is InChI=1S/C20H21NO5/c1-4-19(22)21-12-14-5-7-15(8-6-14)20(23)26-13-16-11-17(24-2)9-10-18(16)25-3/h4-11H,1,12-13H2,2-3H3,(H,21,22). The molecule has 1 N–H and O–H groups in total. The first-order valence-electron chi connectivity index (χ1n) is 7.94. The van der Waals surface area contributed by atoms with Crippen molar-refractivity contribution < 1.29 is 23.8 Å². The van der Waals surface area contributed by atoms with Gasteiger partial charge in [-0.3, -0.25) is 4.79 Å². The Labute approximate surface area is 152 Å². The fourth-order valence-corrected chi connectivity index (χ4v) is 2.24. The minimum absolute atomic E-state index is 0.0658. The monoisotopic (exact) mass is 355 g/mol. The molecule has 0 aliphatic heterocycles. The molecule has 1 amide bonds. The molecule has 0 aliphatic rings. The topological polar surface area (TPSA) is 73.9 Å². The number of hydrogen-bond donors (Lipinski definition) is 1. The van der Waals surface area contributed by atoms with Crippen LogP contribution in [0.5, 0.6) is 11.5 Å². The number of ether oxygens (including phenoxy) is 3. The van der Waals surface area contributed by atoms with E-state index in [-0.39, 0.29) is 12.5 Å². The highest BCUT2D eigenvalue weighted by Gasteiger charge is 2.11. The highest BCUT2D eigenvalue weighted by atomic mass is 16.5. The van der Waals surface area contributed by atoms with Gasteiger partial charge in [-0.1, -0.05) is 18.7 Å². The Morgan fingerprint density at radius 3 is 2.42 bits per heavy atom. The Balaban J connectivity index is 1.97. The molecule has 0 aromatic heterocycles. The molecule has 0 bridgehead atoms. The second-order valence-electron chi connectivity index (χ2n) is 5.37. The minimum atomic E-state index is -0.448. The van der Waals surface area contributed by atoms with Gasteiger partial charge in [0.1, 0.15) is 18.1 Å². The van der Waals surface area contributed by atoms with Gasteiger partial charge in [0.25, 0.3) is 0 Å². The van der Waals surface area contributed by atoms with Crippen LogP contribution in [0.3, 0.4) is 0 Å². The first-order valence-corrected chi connectivity index (χ1v) is 7.94. The van der Waals surface area contributed by atoms with Crippen LogP contribution in [0.2, 0.25) is 0 Å². The third kappa shape index (κ3) is 5.11. The van der Waals surface area contributed by atoms with Crippen molar-refractivity contribution >= 4 is 11.9 Å². The number of benzene rings is 2. The lowest BCUT2D eigenvalue weighted by molar-refractivity contribution is -0.116. The maximum Gasteiger partial charge on any atom is 0.338 e. The van der Waals surface area contributed by atoms with E-state index < -0.39 is 5.97 Å². The molecule has 0 unspecified atom stereocenters. The maximum absolute atomic E-state index is 12.2. The van der Waals surface area contributed by atoms with Crippen LogP contribution in [0.25, 0.3) is 0 Å². The molecule has 6 nitrogen and oxygen atoms in total. The summed E-state index contributed by atoms with van der Waals surface area (Å²) in [6.45, 7) is 3.82. The molecule has 0 saturated heterocycles. The van der Waals surface area contributed by atoms with E-state index in [0.29, 0.717) is 29.2 Å². The number of methoxy groups -OCH3 is 2. The van der Waals surface area contributed by atoms with E-state index in [9.17, 15) is 9.59 Å². The van der Waals surface area contributed by atoms with Crippen molar-refractivity contribution in [1.82, 2.24) is 5.32 Å². The molecule has 0 atom stereocenters. The lowest BCUT2D eigenvalue weighted by atomic mass is 10.1. The number of esters is 1. The summed E-state index contributed by atoms with van der Waals surface area (Å²) in [4.78, 5) is 23.4. The van der Waals surface area contributed by atoms with Gasteiger partial charge in [-0.05, 0) is 42.0 Å². The van der Waals surface area contributed by atoms with Crippen molar-refractivity contribution in [2.45, 2.75) is 13.2 Å². The second kappa shape index (κ2) is 9.27. The number of amides is 1. The van der Waals surface area contributed by atoms with Gasteiger partial charge >= 0.3 is 5.97 Å². The van der Waals surface area contributed by atoms with Gasteiger partial charge in [0.15, 0.2) is 0 Å². The zero-order valence-electron chi connectivity index (χ0n) is 14.8. The summed E-state index contributed by atoms with van der Waals surface area (Å²) in [5.41, 5.74) is 2.00. The molecule has 6 heteroatoms. The number of rotatable bonds is 8. The Morgan fingerprint density at radius 2 is 1.81 bits per heavy atom. The summed E-state index contributed by atoms with van der Waals surface area (Å²) in [6.07, 6.45) is 1.21. The SMILES string of the molecule is C=CC(=O)NCc1ccc(C(=O)OCc2cc(OC)ccc2OC)cc1. The van der Waals surface area contributed by atoms with E-state index in [1.807, 2.05) is 0 Å². The number of hydrogen-bond acceptors (Lipinski definition) is 5. The summed E-state index contributed by atoms with van der Waals surface area (Å²) in [7, 11) is 3.12. The Hall–Kier alpha value is -3.28. The number of carbonyl (C=O) groups excluding carboxylic acids is 2. The van der Waals surface area contributed by atoms with E-state index in [4.69, 9.17) is 14.2 Å². The molecule has 0 radical (unpaired) electrons. The molecule has 2 aromatic carbocycles. The summed E-state index contributed by atoms with van der Waals surface area (Å²) in [5, 5.41) is 2.67. The van der Waals surface area contributed by atoms with E-state index in [0.717, 1.165) is 5.56 Å². The van der Waals surface area contributed by atoms with Crippen molar-refractivity contribution in [3.05, 3.63) is 71.8 Å². The molecule has 0 fully saturated rings. The second-order valence-corrected chi connectivity index (χ2v) is 5.37. The van der Waals surface area contributed by atoms with Crippen LogP contribution in [0.15, 0.2) is 55.1 Å². The zero-order chi connectivity index (χ0) is 18.9. The fourth-order valence-electron chi connectivity index (χ4n) is 2.24. The Kier molecular flexibility index (Phi) is 6.79. The zero-order valence-corrected chi connectivity index (χ0v) is 14.8. The predicted octanol–water partition coefficient (Wildman–Crippen LogP) is 2.86. The molecule has 0 heterocycles. The Morgan fingerprint density at radius 1 is 1.08 bits per heavy atom. The van der Waals surface area contributed by atoms with Crippen molar-refractivity contribution in [3.63, 3.8) is 0 Å². The first-order chi connectivity index (χ1) is 12.6. The first kappa shape index (κ1) is 19.1. The molecule has 0 aliphatic carbocycles. The predicted molar refractivity (Wildman–Crippen MR) is 97.2 cm³/mol. The molecule has 0 saturated carbocycles. The van der Waals surface area contributed by atoms with Crippen LogP contribution in [0.1, 0.15) is 21.5 Å². The average molecular weight is 355 g/mol. The van der Waals surface area contributed by atoms with E-state index in [1.165, 1.54) is 6.08 Å². The van der Waals surface area contributed by atoms with Gasteiger partial charge in [-0.2, -0.15) is 0 Å². The quantitative estimate of drug-likeness (QED) is 0.582. The van der Waals surface area contributed by atoms with E-state index >= 15 is 0 Å². The molecule has 2 aromatic rings. The fraction of sp³-hybridized carbons (Fsp3) is 0.200. The van der Waals surface area contributed by atoms with Crippen LogP contribution < -0.4 is 14.8 Å². The van der Waals surface area contributed by atoms with Crippen LogP contribution in [0, 0.1) is 0 Å². The van der Waals surface area contributed by atoms with E-state index in [1.54, 1.807) is 56.7 Å². The summed E-state index contributed by atoms with van der Waals surface area (Å²) < 4.78 is 15.8. The smallest absolute Gasteiger partial charge is 0.338 e. The third-order valence-electron chi connectivity index (χ3n) is 3.69. The molecule has 136 valence electrons. The van der Waals surface area contributed by atoms with Gasteiger partial charge in [0.05, 0.1) is 19.8 Å². The third-order valence-corrected chi connectivity index (χ3v) is 3.69. The highest BCUT2D eigenvalue weighted by molar-refractivity contribution is 5.89. The molecular formula is C20H21NO5. The van der Waals surface area contributed by atoms with Crippen LogP contribution in [-0.2, 0) is 22.7 Å². The lowest BCUT2D eigenvalue weighted by Gasteiger charge is -2.11. The van der Waals surface area contributed by atoms with Crippen molar-refractivity contribution in [3.8, 4) is 11.5 Å². The van der Waals surface area contributed by atoms with Crippen molar-refractivity contribution in [2.75, 3.05) is 14.2 Å². The number of carbonyl (C=O) groups is 2. The van der Waals surface area contributed by atoms with E-state index in [2.05, 4.69) is 11.9 Å². The number of nitrogens with one attached hydrogen (secondary N) is 1. The van der Waals surface area contributed by atoms with Crippen LogP contribution >= 0.6 is 0 Å². The molecular weight excluding hydrogens is 334 g/mol. The van der Waals surface area contributed by atoms with Gasteiger partial charge in [0.2, 0.25) is 5.91 Å². The molecule has 0 spiro atoms. The van der Waals surface area contributed by atoms with Gasteiger partial charge < -0.3 is 19.5 Å². The highest BCUT2D eigenvalue weighted by Crippen LogP contribution is 2.24. The lowest BCUT2D eigenvalue weighted by Crippen LogP contribution is -2.19. The minimum Gasteiger partial charge on any atom is -0.497 e. The summed E-state index contributed by atoms with van der Waals surface area (Å²) in [6, 6.07) is 12.1. The molecule has 26 heavy (non-hydrogen) atoms. The van der Waals surface area contributed by atoms with Crippen molar-refractivity contribution in [1.29, 1.82) is 0 Å². The van der Waals surface area contributed by atoms with Gasteiger partial charge in [-0.15, -0.1) is 0 Å². The molecule has 2 rings (SSSR count). The summed E-state index contributed by atoms with van der Waals surface area (Å²) in [5.74, 6) is 0.576. The van der Waals surface area contributed by atoms with Crippen LogP contribution in [0.4, 0.5) is 0 Å². The average Bonchev–Trinajstić information content (AvgIpc) is 2.70. The summed E-state index contributed by atoms with van der Waals surface area (Å²) >= 11 is 0. The van der Waals surface area contributed by atoms with Crippen LogP contribution in [-0.4, -0.2) is 26.1 Å².